The molecule has 1 aromatic carbocycles. The fraction of sp³-hybridized carbons (Fsp3) is 0.667. The number of halogens is 1. The molecule has 1 aromatic rings. The van der Waals surface area contributed by atoms with Gasteiger partial charge >= 0.3 is 0 Å². The zero-order valence-corrected chi connectivity index (χ0v) is 16.9. The van der Waals surface area contributed by atoms with E-state index in [1.807, 2.05) is 19.2 Å². The number of piperazine rings is 1. The molecule has 0 saturated carbocycles. The third-order valence-electron chi connectivity index (χ3n) is 5.43. The van der Waals surface area contributed by atoms with Gasteiger partial charge in [-0.05, 0) is 49.4 Å². The second-order valence-corrected chi connectivity index (χ2v) is 7.41. The molecule has 2 aliphatic rings. The predicted octanol–water partition coefficient (Wildman–Crippen LogP) is 2.36. The molecular weight excluding hydrogens is 359 g/mol. The van der Waals surface area contributed by atoms with Crippen LogP contribution in [0.4, 0.5) is 10.1 Å². The molecule has 0 amide bonds. The van der Waals surface area contributed by atoms with Crippen molar-refractivity contribution in [2.24, 2.45) is 10.9 Å². The van der Waals surface area contributed by atoms with Crippen LogP contribution in [-0.4, -0.2) is 77.1 Å². The number of ether oxygens (including phenoxy) is 2. The van der Waals surface area contributed by atoms with Gasteiger partial charge in [0.2, 0.25) is 0 Å². The summed E-state index contributed by atoms with van der Waals surface area (Å²) in [5.74, 6) is 1.42. The van der Waals surface area contributed by atoms with Gasteiger partial charge in [-0.2, -0.15) is 0 Å². The van der Waals surface area contributed by atoms with Crippen molar-refractivity contribution in [1.82, 2.24) is 10.2 Å². The third-order valence-corrected chi connectivity index (χ3v) is 5.43. The Balaban J connectivity index is 1.30. The number of aliphatic imine (C=N–C) groups is 1. The van der Waals surface area contributed by atoms with Gasteiger partial charge in [0.1, 0.15) is 5.82 Å². The van der Waals surface area contributed by atoms with Crippen molar-refractivity contribution in [3.63, 3.8) is 0 Å². The van der Waals surface area contributed by atoms with Gasteiger partial charge in [0.15, 0.2) is 5.96 Å². The fourth-order valence-electron chi connectivity index (χ4n) is 3.70. The molecule has 156 valence electrons. The first-order valence-electron chi connectivity index (χ1n) is 10.4. The molecule has 2 saturated heterocycles. The Labute approximate surface area is 167 Å². The zero-order valence-electron chi connectivity index (χ0n) is 16.9. The van der Waals surface area contributed by atoms with E-state index in [0.29, 0.717) is 5.92 Å². The Morgan fingerprint density at radius 2 is 1.89 bits per heavy atom. The molecular formula is C21H33FN4O2. The number of guanidine groups is 1. The molecule has 2 heterocycles. The van der Waals surface area contributed by atoms with E-state index >= 15 is 0 Å². The highest BCUT2D eigenvalue weighted by Crippen LogP contribution is 2.17. The van der Waals surface area contributed by atoms with E-state index < -0.39 is 0 Å². The molecule has 0 aliphatic carbocycles. The Bertz CT molecular complexity index is 597. The molecule has 6 nitrogen and oxygen atoms in total. The van der Waals surface area contributed by atoms with Gasteiger partial charge in [0.25, 0.3) is 0 Å². The maximum Gasteiger partial charge on any atom is 0.193 e. The Morgan fingerprint density at radius 3 is 2.57 bits per heavy atom. The molecule has 1 N–H and O–H groups in total. The monoisotopic (exact) mass is 392 g/mol. The van der Waals surface area contributed by atoms with Crippen LogP contribution in [0, 0.1) is 11.7 Å². The Morgan fingerprint density at radius 1 is 1.18 bits per heavy atom. The smallest absolute Gasteiger partial charge is 0.193 e. The summed E-state index contributed by atoms with van der Waals surface area (Å²) in [4.78, 5) is 8.99. The maximum absolute atomic E-state index is 13.1. The SMILES string of the molecule is CN=C(NCCCOCC1CCOCC1)N1CCN(c2ccc(F)cc2)CC1. The van der Waals surface area contributed by atoms with Crippen molar-refractivity contribution in [2.45, 2.75) is 19.3 Å². The van der Waals surface area contributed by atoms with Crippen molar-refractivity contribution in [1.29, 1.82) is 0 Å². The van der Waals surface area contributed by atoms with Crippen molar-refractivity contribution < 1.29 is 13.9 Å². The number of hydrogen-bond acceptors (Lipinski definition) is 4. The van der Waals surface area contributed by atoms with E-state index in [-0.39, 0.29) is 5.82 Å². The second-order valence-electron chi connectivity index (χ2n) is 7.41. The highest BCUT2D eigenvalue weighted by molar-refractivity contribution is 5.80. The Kier molecular flexibility index (Phi) is 8.36. The molecule has 0 spiro atoms. The van der Waals surface area contributed by atoms with Crippen LogP contribution in [0.25, 0.3) is 0 Å². The van der Waals surface area contributed by atoms with Crippen LogP contribution in [0.1, 0.15) is 19.3 Å². The van der Waals surface area contributed by atoms with Gasteiger partial charge in [-0.3, -0.25) is 4.99 Å². The lowest BCUT2D eigenvalue weighted by atomic mass is 10.0. The van der Waals surface area contributed by atoms with Crippen LogP contribution in [0.3, 0.4) is 0 Å². The molecule has 0 unspecified atom stereocenters. The summed E-state index contributed by atoms with van der Waals surface area (Å²) in [6, 6.07) is 6.73. The summed E-state index contributed by atoms with van der Waals surface area (Å²) in [5, 5.41) is 3.45. The van der Waals surface area contributed by atoms with Gasteiger partial charge in [-0.1, -0.05) is 0 Å². The molecule has 3 rings (SSSR count). The first-order valence-corrected chi connectivity index (χ1v) is 10.4. The van der Waals surface area contributed by atoms with Gasteiger partial charge in [0, 0.05) is 71.9 Å². The highest BCUT2D eigenvalue weighted by Gasteiger charge is 2.19. The normalized spacial score (nSPS) is 19.1. The average molecular weight is 393 g/mol. The minimum Gasteiger partial charge on any atom is -0.381 e. The number of benzene rings is 1. The summed E-state index contributed by atoms with van der Waals surface area (Å²) < 4.78 is 24.3. The van der Waals surface area contributed by atoms with Crippen molar-refractivity contribution in [3.05, 3.63) is 30.1 Å². The first kappa shape index (κ1) is 20.9. The van der Waals surface area contributed by atoms with Gasteiger partial charge in [-0.25, -0.2) is 4.39 Å². The quantitative estimate of drug-likeness (QED) is 0.439. The lowest BCUT2D eigenvalue weighted by Crippen LogP contribution is -2.52. The number of nitrogens with zero attached hydrogens (tertiary/aromatic N) is 3. The van der Waals surface area contributed by atoms with Crippen LogP contribution in [0.15, 0.2) is 29.3 Å². The fourth-order valence-corrected chi connectivity index (χ4v) is 3.70. The van der Waals surface area contributed by atoms with Crippen LogP contribution in [0.5, 0.6) is 0 Å². The largest absolute Gasteiger partial charge is 0.381 e. The third kappa shape index (κ3) is 6.34. The van der Waals surface area contributed by atoms with Crippen molar-refractivity contribution in [3.8, 4) is 0 Å². The molecule has 7 heteroatoms. The zero-order chi connectivity index (χ0) is 19.6. The molecule has 0 radical (unpaired) electrons. The standard InChI is InChI=1S/C21H33FN4O2/c1-23-21(24-9-2-14-28-17-18-7-15-27-16-8-18)26-12-10-25(11-13-26)20-5-3-19(22)4-6-20/h3-6,18H,2,7-17H2,1H3,(H,23,24). The number of hydrogen-bond donors (Lipinski definition) is 1. The second kappa shape index (κ2) is 11.2. The number of anilines is 1. The van der Waals surface area contributed by atoms with E-state index in [2.05, 4.69) is 20.1 Å². The minimum absolute atomic E-state index is 0.191. The number of rotatable bonds is 7. The molecule has 0 bridgehead atoms. The summed E-state index contributed by atoms with van der Waals surface area (Å²) in [7, 11) is 1.83. The lowest BCUT2D eigenvalue weighted by Gasteiger charge is -2.37. The van der Waals surface area contributed by atoms with Crippen LogP contribution in [-0.2, 0) is 9.47 Å². The van der Waals surface area contributed by atoms with Gasteiger partial charge in [-0.15, -0.1) is 0 Å². The van der Waals surface area contributed by atoms with Crippen LogP contribution >= 0.6 is 0 Å². The topological polar surface area (TPSA) is 49.3 Å². The predicted molar refractivity (Wildman–Crippen MR) is 111 cm³/mol. The molecule has 2 fully saturated rings. The number of nitrogens with one attached hydrogen (secondary N) is 1. The molecule has 28 heavy (non-hydrogen) atoms. The van der Waals surface area contributed by atoms with E-state index in [4.69, 9.17) is 9.47 Å². The van der Waals surface area contributed by atoms with E-state index in [1.54, 1.807) is 0 Å². The van der Waals surface area contributed by atoms with E-state index in [9.17, 15) is 4.39 Å². The molecule has 0 atom stereocenters. The van der Waals surface area contributed by atoms with Crippen molar-refractivity contribution >= 4 is 11.6 Å². The van der Waals surface area contributed by atoms with Gasteiger partial charge < -0.3 is 24.6 Å². The maximum atomic E-state index is 13.1. The van der Waals surface area contributed by atoms with E-state index in [1.165, 1.54) is 12.1 Å². The first-order chi connectivity index (χ1) is 13.8. The highest BCUT2D eigenvalue weighted by atomic mass is 19.1. The summed E-state index contributed by atoms with van der Waals surface area (Å²) >= 11 is 0. The van der Waals surface area contributed by atoms with Crippen LogP contribution < -0.4 is 10.2 Å². The lowest BCUT2D eigenvalue weighted by molar-refractivity contribution is 0.0203. The summed E-state index contributed by atoms with van der Waals surface area (Å²) in [6.45, 7) is 7.85. The van der Waals surface area contributed by atoms with Crippen molar-refractivity contribution in [2.75, 3.05) is 71.1 Å². The van der Waals surface area contributed by atoms with Gasteiger partial charge in [0.05, 0.1) is 0 Å². The van der Waals surface area contributed by atoms with E-state index in [0.717, 1.165) is 90.1 Å². The summed E-state index contributed by atoms with van der Waals surface area (Å²) in [6.07, 6.45) is 3.21. The molecule has 0 aromatic heterocycles. The minimum atomic E-state index is -0.191. The van der Waals surface area contributed by atoms with Crippen LogP contribution in [0.2, 0.25) is 0 Å². The molecule has 2 aliphatic heterocycles. The summed E-state index contributed by atoms with van der Waals surface area (Å²) in [5.41, 5.74) is 1.07. The Hall–Kier alpha value is -1.86. The average Bonchev–Trinajstić information content (AvgIpc) is 2.75.